The Labute approximate surface area is 104 Å². The topological polar surface area (TPSA) is 35.2 Å². The number of hydrogen-bond donors (Lipinski definition) is 1. The van der Waals surface area contributed by atoms with Crippen molar-refractivity contribution in [1.29, 1.82) is 0 Å². The first kappa shape index (κ1) is 12.6. The first-order valence-electron chi connectivity index (χ1n) is 6.65. The minimum atomic E-state index is 0.166. The molecular formula is C15H23NO. The Morgan fingerprint density at radius 2 is 1.88 bits per heavy atom. The Balaban J connectivity index is 1.88. The molecule has 1 fully saturated rings. The number of hydrogen-bond acceptors (Lipinski definition) is 2. The molecule has 2 unspecified atom stereocenters. The van der Waals surface area contributed by atoms with Gasteiger partial charge in [-0.1, -0.05) is 37.3 Å². The molecule has 2 nitrogen and oxygen atoms in total. The summed E-state index contributed by atoms with van der Waals surface area (Å²) in [4.78, 5) is 0. The highest BCUT2D eigenvalue weighted by molar-refractivity contribution is 5.18. The lowest BCUT2D eigenvalue weighted by atomic mass is 9.84. The van der Waals surface area contributed by atoms with Crippen LogP contribution in [0.5, 0.6) is 0 Å². The van der Waals surface area contributed by atoms with Gasteiger partial charge in [-0.25, -0.2) is 0 Å². The Hall–Kier alpha value is -0.860. The summed E-state index contributed by atoms with van der Waals surface area (Å²) >= 11 is 0. The molecule has 0 spiro atoms. The molecule has 0 saturated carbocycles. The van der Waals surface area contributed by atoms with Crippen molar-refractivity contribution in [3.63, 3.8) is 0 Å². The third kappa shape index (κ3) is 3.55. The van der Waals surface area contributed by atoms with E-state index in [0.717, 1.165) is 19.1 Å². The second kappa shape index (κ2) is 6.18. The average Bonchev–Trinajstić information content (AvgIpc) is 2.40. The predicted molar refractivity (Wildman–Crippen MR) is 70.7 cm³/mol. The molecule has 2 rings (SSSR count). The van der Waals surface area contributed by atoms with E-state index < -0.39 is 0 Å². The maximum Gasteiger partial charge on any atom is 0.0468 e. The Kier molecular flexibility index (Phi) is 4.57. The zero-order valence-corrected chi connectivity index (χ0v) is 10.6. The smallest absolute Gasteiger partial charge is 0.0468 e. The van der Waals surface area contributed by atoms with Crippen LogP contribution in [-0.2, 0) is 4.74 Å². The van der Waals surface area contributed by atoms with E-state index in [1.54, 1.807) is 0 Å². The maximum absolute atomic E-state index is 6.32. The summed E-state index contributed by atoms with van der Waals surface area (Å²) in [5.41, 5.74) is 7.58. The van der Waals surface area contributed by atoms with E-state index in [4.69, 9.17) is 10.5 Å². The number of nitrogens with two attached hydrogens (primary N) is 1. The minimum Gasteiger partial charge on any atom is -0.381 e. The second-order valence-corrected chi connectivity index (χ2v) is 5.21. The van der Waals surface area contributed by atoms with Gasteiger partial charge in [0.2, 0.25) is 0 Å². The molecule has 0 amide bonds. The first-order chi connectivity index (χ1) is 8.27. The van der Waals surface area contributed by atoms with Crippen LogP contribution in [0.15, 0.2) is 30.3 Å². The molecule has 17 heavy (non-hydrogen) atoms. The van der Waals surface area contributed by atoms with Crippen molar-refractivity contribution in [2.75, 3.05) is 13.2 Å². The molecule has 94 valence electrons. The van der Waals surface area contributed by atoms with E-state index in [0.29, 0.717) is 5.92 Å². The van der Waals surface area contributed by atoms with Crippen molar-refractivity contribution in [2.45, 2.75) is 32.2 Å². The van der Waals surface area contributed by atoms with Gasteiger partial charge in [-0.3, -0.25) is 0 Å². The molecule has 0 radical (unpaired) electrons. The highest BCUT2D eigenvalue weighted by Crippen LogP contribution is 2.29. The average molecular weight is 233 g/mol. The number of rotatable bonds is 4. The van der Waals surface area contributed by atoms with Crippen LogP contribution in [0.1, 0.15) is 37.8 Å². The summed E-state index contributed by atoms with van der Waals surface area (Å²) in [5, 5.41) is 0. The van der Waals surface area contributed by atoms with Crippen LogP contribution in [0.25, 0.3) is 0 Å². The van der Waals surface area contributed by atoms with Crippen LogP contribution < -0.4 is 5.73 Å². The summed E-state index contributed by atoms with van der Waals surface area (Å²) in [6.45, 7) is 4.13. The van der Waals surface area contributed by atoms with Gasteiger partial charge in [-0.2, -0.15) is 0 Å². The van der Waals surface area contributed by atoms with E-state index in [2.05, 4.69) is 31.2 Å². The Morgan fingerprint density at radius 3 is 2.53 bits per heavy atom. The second-order valence-electron chi connectivity index (χ2n) is 5.21. The van der Waals surface area contributed by atoms with Crippen LogP contribution >= 0.6 is 0 Å². The fourth-order valence-corrected chi connectivity index (χ4v) is 2.66. The van der Waals surface area contributed by atoms with Gasteiger partial charge in [0.25, 0.3) is 0 Å². The molecule has 2 N–H and O–H groups in total. The molecule has 2 heteroatoms. The zero-order chi connectivity index (χ0) is 12.1. The van der Waals surface area contributed by atoms with Crippen molar-refractivity contribution in [3.05, 3.63) is 35.9 Å². The fourth-order valence-electron chi connectivity index (χ4n) is 2.66. The largest absolute Gasteiger partial charge is 0.381 e. The third-order valence-electron chi connectivity index (χ3n) is 3.84. The quantitative estimate of drug-likeness (QED) is 0.867. The number of benzene rings is 1. The summed E-state index contributed by atoms with van der Waals surface area (Å²) in [6, 6.07) is 10.6. The van der Waals surface area contributed by atoms with Crippen LogP contribution in [0.3, 0.4) is 0 Å². The lowest BCUT2D eigenvalue weighted by molar-refractivity contribution is 0.0580. The molecular weight excluding hydrogens is 210 g/mol. The van der Waals surface area contributed by atoms with E-state index in [-0.39, 0.29) is 6.04 Å². The van der Waals surface area contributed by atoms with E-state index in [9.17, 15) is 0 Å². The van der Waals surface area contributed by atoms with E-state index >= 15 is 0 Å². The van der Waals surface area contributed by atoms with Crippen LogP contribution in [0.2, 0.25) is 0 Å². The molecule has 1 aliphatic heterocycles. The third-order valence-corrected chi connectivity index (χ3v) is 3.84. The summed E-state index contributed by atoms with van der Waals surface area (Å²) < 4.78 is 5.40. The summed E-state index contributed by atoms with van der Waals surface area (Å²) in [6.07, 6.45) is 3.62. The van der Waals surface area contributed by atoms with Gasteiger partial charge in [-0.05, 0) is 36.7 Å². The van der Waals surface area contributed by atoms with E-state index in [1.165, 1.54) is 24.8 Å². The highest BCUT2D eigenvalue weighted by Gasteiger charge is 2.21. The van der Waals surface area contributed by atoms with Crippen molar-refractivity contribution < 1.29 is 4.74 Å². The van der Waals surface area contributed by atoms with Crippen LogP contribution in [-0.4, -0.2) is 13.2 Å². The highest BCUT2D eigenvalue weighted by atomic mass is 16.5. The van der Waals surface area contributed by atoms with Gasteiger partial charge < -0.3 is 10.5 Å². The molecule has 1 aromatic carbocycles. The maximum atomic E-state index is 6.32. The van der Waals surface area contributed by atoms with Crippen LogP contribution in [0, 0.1) is 11.8 Å². The van der Waals surface area contributed by atoms with Crippen molar-refractivity contribution in [2.24, 2.45) is 17.6 Å². The molecule has 2 atom stereocenters. The molecule has 0 aliphatic carbocycles. The van der Waals surface area contributed by atoms with Gasteiger partial charge in [0.15, 0.2) is 0 Å². The molecule has 1 saturated heterocycles. The standard InChI is InChI=1S/C15H23NO/c1-12(11-13-7-9-17-10-8-13)15(16)14-5-3-2-4-6-14/h2-6,12-13,15H,7-11,16H2,1H3. The summed E-state index contributed by atoms with van der Waals surface area (Å²) in [5.74, 6) is 1.34. The molecule has 1 aliphatic rings. The van der Waals surface area contributed by atoms with Gasteiger partial charge >= 0.3 is 0 Å². The van der Waals surface area contributed by atoms with Crippen molar-refractivity contribution in [3.8, 4) is 0 Å². The predicted octanol–water partition coefficient (Wildman–Crippen LogP) is 3.14. The number of ether oxygens (including phenoxy) is 1. The lowest BCUT2D eigenvalue weighted by Crippen LogP contribution is -2.24. The van der Waals surface area contributed by atoms with E-state index in [1.807, 2.05) is 6.07 Å². The SMILES string of the molecule is CC(CC1CCOCC1)C(N)c1ccccc1. The Morgan fingerprint density at radius 1 is 1.24 bits per heavy atom. The first-order valence-corrected chi connectivity index (χ1v) is 6.65. The van der Waals surface area contributed by atoms with Crippen molar-refractivity contribution >= 4 is 0 Å². The minimum absolute atomic E-state index is 0.166. The molecule has 0 bridgehead atoms. The Bertz CT molecular complexity index is 319. The van der Waals surface area contributed by atoms with Crippen LogP contribution in [0.4, 0.5) is 0 Å². The van der Waals surface area contributed by atoms with Gasteiger partial charge in [0, 0.05) is 19.3 Å². The lowest BCUT2D eigenvalue weighted by Gasteiger charge is -2.28. The summed E-state index contributed by atoms with van der Waals surface area (Å²) in [7, 11) is 0. The zero-order valence-electron chi connectivity index (χ0n) is 10.6. The molecule has 1 aromatic rings. The van der Waals surface area contributed by atoms with Gasteiger partial charge in [0.05, 0.1) is 0 Å². The normalized spacial score (nSPS) is 21.1. The van der Waals surface area contributed by atoms with Gasteiger partial charge in [-0.15, -0.1) is 0 Å². The molecule has 0 aromatic heterocycles. The fraction of sp³-hybridized carbons (Fsp3) is 0.600. The van der Waals surface area contributed by atoms with Gasteiger partial charge in [0.1, 0.15) is 0 Å². The molecule has 1 heterocycles. The monoisotopic (exact) mass is 233 g/mol. The van der Waals surface area contributed by atoms with Crippen molar-refractivity contribution in [1.82, 2.24) is 0 Å².